The molecule has 0 unspecified atom stereocenters. The second kappa shape index (κ2) is 10.1. The highest BCUT2D eigenvalue weighted by molar-refractivity contribution is 5.79. The summed E-state index contributed by atoms with van der Waals surface area (Å²) in [5.41, 5.74) is 3.26. The molecule has 0 bridgehead atoms. The van der Waals surface area contributed by atoms with E-state index < -0.39 is 0 Å². The first-order valence-corrected chi connectivity index (χ1v) is 9.73. The van der Waals surface area contributed by atoms with Gasteiger partial charge in [0.2, 0.25) is 0 Å². The Labute approximate surface area is 161 Å². The van der Waals surface area contributed by atoms with Gasteiger partial charge in [-0.15, -0.1) is 0 Å². The van der Waals surface area contributed by atoms with E-state index in [-0.39, 0.29) is 5.82 Å². The van der Waals surface area contributed by atoms with Crippen molar-refractivity contribution < 1.29 is 4.39 Å². The van der Waals surface area contributed by atoms with Gasteiger partial charge in [0.15, 0.2) is 5.96 Å². The number of hydrogen-bond donors (Lipinski definition) is 2. The predicted molar refractivity (Wildman–Crippen MR) is 109 cm³/mol. The lowest BCUT2D eigenvalue weighted by atomic mass is 10.0. The topological polar surface area (TPSA) is 39.7 Å². The van der Waals surface area contributed by atoms with Crippen molar-refractivity contribution in [2.45, 2.75) is 38.9 Å². The molecular formula is C22H29FN4. The quantitative estimate of drug-likeness (QED) is 0.604. The van der Waals surface area contributed by atoms with Crippen molar-refractivity contribution in [3.8, 4) is 0 Å². The van der Waals surface area contributed by atoms with Crippen LogP contribution in [0.25, 0.3) is 0 Å². The molecule has 0 radical (unpaired) electrons. The second-order valence-corrected chi connectivity index (χ2v) is 6.98. The van der Waals surface area contributed by atoms with Gasteiger partial charge in [-0.25, -0.2) is 4.39 Å². The SMILES string of the molecule is CN=C(NCc1ccccc1F)NCc1ccccc1CN1CCCCC1. The van der Waals surface area contributed by atoms with Crippen LogP contribution in [0, 0.1) is 5.82 Å². The minimum absolute atomic E-state index is 0.202. The highest BCUT2D eigenvalue weighted by Gasteiger charge is 2.12. The highest BCUT2D eigenvalue weighted by atomic mass is 19.1. The molecule has 0 spiro atoms. The van der Waals surface area contributed by atoms with E-state index in [4.69, 9.17) is 0 Å². The normalized spacial score (nSPS) is 15.6. The number of guanidine groups is 1. The van der Waals surface area contributed by atoms with Gasteiger partial charge in [-0.3, -0.25) is 9.89 Å². The maximum absolute atomic E-state index is 13.8. The molecule has 0 saturated carbocycles. The molecule has 0 aliphatic carbocycles. The number of piperidine rings is 1. The van der Waals surface area contributed by atoms with Crippen LogP contribution in [0.4, 0.5) is 4.39 Å². The van der Waals surface area contributed by atoms with E-state index in [9.17, 15) is 4.39 Å². The molecule has 144 valence electrons. The van der Waals surface area contributed by atoms with Gasteiger partial charge in [-0.2, -0.15) is 0 Å². The molecular weight excluding hydrogens is 339 g/mol. The molecule has 0 atom stereocenters. The van der Waals surface area contributed by atoms with Crippen LogP contribution in [0.15, 0.2) is 53.5 Å². The number of rotatable bonds is 6. The molecule has 0 aromatic heterocycles. The molecule has 2 aromatic rings. The summed E-state index contributed by atoms with van der Waals surface area (Å²) in [7, 11) is 1.73. The van der Waals surface area contributed by atoms with Crippen LogP contribution in [-0.2, 0) is 19.6 Å². The summed E-state index contributed by atoms with van der Waals surface area (Å²) in [5, 5.41) is 6.54. The lowest BCUT2D eigenvalue weighted by Gasteiger charge is -2.27. The van der Waals surface area contributed by atoms with Crippen LogP contribution in [0.1, 0.15) is 36.0 Å². The van der Waals surface area contributed by atoms with Gasteiger partial charge in [0.25, 0.3) is 0 Å². The fraction of sp³-hybridized carbons (Fsp3) is 0.409. The third-order valence-corrected chi connectivity index (χ3v) is 5.04. The Morgan fingerprint density at radius 3 is 2.15 bits per heavy atom. The maximum atomic E-state index is 13.8. The van der Waals surface area contributed by atoms with Crippen molar-refractivity contribution in [1.29, 1.82) is 0 Å². The standard InChI is InChI=1S/C22H29FN4/c1-24-22(26-16-19-10-5-6-12-21(19)23)25-15-18-9-3-4-11-20(18)17-27-13-7-2-8-14-27/h3-6,9-12H,2,7-8,13-17H2,1H3,(H2,24,25,26). The summed E-state index contributed by atoms with van der Waals surface area (Å²) in [5.74, 6) is 0.471. The van der Waals surface area contributed by atoms with Crippen molar-refractivity contribution in [1.82, 2.24) is 15.5 Å². The zero-order valence-electron chi connectivity index (χ0n) is 16.0. The molecule has 1 saturated heterocycles. The number of benzene rings is 2. The number of nitrogens with one attached hydrogen (secondary N) is 2. The van der Waals surface area contributed by atoms with E-state index in [1.165, 1.54) is 49.5 Å². The second-order valence-electron chi connectivity index (χ2n) is 6.98. The Morgan fingerprint density at radius 2 is 1.48 bits per heavy atom. The summed E-state index contributed by atoms with van der Waals surface area (Å²) in [6.07, 6.45) is 3.95. The van der Waals surface area contributed by atoms with E-state index in [1.807, 2.05) is 6.07 Å². The molecule has 1 aliphatic heterocycles. The molecule has 3 rings (SSSR count). The van der Waals surface area contributed by atoms with Gasteiger partial charge in [0.05, 0.1) is 0 Å². The first-order valence-electron chi connectivity index (χ1n) is 9.73. The Balaban J connectivity index is 1.55. The number of aliphatic imine (C=N–C) groups is 1. The van der Waals surface area contributed by atoms with E-state index >= 15 is 0 Å². The third-order valence-electron chi connectivity index (χ3n) is 5.04. The third kappa shape index (κ3) is 5.79. The molecule has 4 nitrogen and oxygen atoms in total. The van der Waals surface area contributed by atoms with Crippen LogP contribution in [-0.4, -0.2) is 31.0 Å². The van der Waals surface area contributed by atoms with Gasteiger partial charge < -0.3 is 10.6 Å². The van der Waals surface area contributed by atoms with Crippen molar-refractivity contribution in [2.24, 2.45) is 4.99 Å². The zero-order chi connectivity index (χ0) is 18.9. The van der Waals surface area contributed by atoms with E-state index in [0.29, 0.717) is 24.6 Å². The number of halogens is 1. The molecule has 0 amide bonds. The van der Waals surface area contributed by atoms with Crippen LogP contribution in [0.2, 0.25) is 0 Å². The number of hydrogen-bond acceptors (Lipinski definition) is 2. The van der Waals surface area contributed by atoms with E-state index in [1.54, 1.807) is 19.2 Å². The summed E-state index contributed by atoms with van der Waals surface area (Å²) in [6.45, 7) is 4.48. The predicted octanol–water partition coefficient (Wildman–Crippen LogP) is 3.68. The Morgan fingerprint density at radius 1 is 0.889 bits per heavy atom. The average Bonchev–Trinajstić information content (AvgIpc) is 2.71. The van der Waals surface area contributed by atoms with Gasteiger partial charge in [-0.1, -0.05) is 48.9 Å². The molecule has 1 aliphatic rings. The fourth-order valence-corrected chi connectivity index (χ4v) is 3.46. The van der Waals surface area contributed by atoms with Gasteiger partial charge in [0, 0.05) is 32.2 Å². The first kappa shape index (κ1) is 19.4. The molecule has 1 fully saturated rings. The van der Waals surface area contributed by atoms with Crippen LogP contribution >= 0.6 is 0 Å². The summed E-state index contributed by atoms with van der Waals surface area (Å²) in [4.78, 5) is 6.79. The lowest BCUT2D eigenvalue weighted by Crippen LogP contribution is -2.37. The lowest BCUT2D eigenvalue weighted by molar-refractivity contribution is 0.220. The number of nitrogens with zero attached hydrogens (tertiary/aromatic N) is 2. The van der Waals surface area contributed by atoms with E-state index in [0.717, 1.165) is 6.54 Å². The van der Waals surface area contributed by atoms with Gasteiger partial charge >= 0.3 is 0 Å². The van der Waals surface area contributed by atoms with Gasteiger partial charge in [-0.05, 0) is 43.1 Å². The van der Waals surface area contributed by atoms with Gasteiger partial charge in [0.1, 0.15) is 5.82 Å². The van der Waals surface area contributed by atoms with Crippen LogP contribution in [0.5, 0.6) is 0 Å². The van der Waals surface area contributed by atoms with Crippen LogP contribution in [0.3, 0.4) is 0 Å². The summed E-state index contributed by atoms with van der Waals surface area (Å²) < 4.78 is 13.8. The van der Waals surface area contributed by atoms with Crippen LogP contribution < -0.4 is 10.6 Å². The van der Waals surface area contributed by atoms with Crippen molar-refractivity contribution in [2.75, 3.05) is 20.1 Å². The van der Waals surface area contributed by atoms with E-state index in [2.05, 4.69) is 44.8 Å². The van der Waals surface area contributed by atoms with Crippen molar-refractivity contribution >= 4 is 5.96 Å². The molecule has 27 heavy (non-hydrogen) atoms. The minimum atomic E-state index is -0.202. The Bertz CT molecular complexity index is 753. The average molecular weight is 369 g/mol. The molecule has 5 heteroatoms. The van der Waals surface area contributed by atoms with Crippen molar-refractivity contribution in [3.63, 3.8) is 0 Å². The maximum Gasteiger partial charge on any atom is 0.191 e. The zero-order valence-corrected chi connectivity index (χ0v) is 16.0. The monoisotopic (exact) mass is 368 g/mol. The first-order chi connectivity index (χ1) is 13.3. The molecule has 1 heterocycles. The molecule has 2 aromatic carbocycles. The Hall–Kier alpha value is -2.40. The highest BCUT2D eigenvalue weighted by Crippen LogP contribution is 2.16. The summed E-state index contributed by atoms with van der Waals surface area (Å²) >= 11 is 0. The smallest absolute Gasteiger partial charge is 0.191 e. The summed E-state index contributed by atoms with van der Waals surface area (Å²) in [6, 6.07) is 15.4. The number of likely N-dealkylation sites (tertiary alicyclic amines) is 1. The minimum Gasteiger partial charge on any atom is -0.352 e. The van der Waals surface area contributed by atoms with Crippen molar-refractivity contribution in [3.05, 3.63) is 71.0 Å². The Kier molecular flexibility index (Phi) is 7.22. The largest absolute Gasteiger partial charge is 0.352 e. The molecule has 2 N–H and O–H groups in total. The fourth-order valence-electron chi connectivity index (χ4n) is 3.46.